The summed E-state index contributed by atoms with van der Waals surface area (Å²) in [5.41, 5.74) is 0.423. The molecule has 3 N–H and O–H groups in total. The van der Waals surface area contributed by atoms with Crippen molar-refractivity contribution in [2.45, 2.75) is 24.3 Å². The summed E-state index contributed by atoms with van der Waals surface area (Å²) in [5, 5.41) is 7.76. The van der Waals surface area contributed by atoms with Crippen LogP contribution >= 0.6 is 0 Å². The highest BCUT2D eigenvalue weighted by Gasteiger charge is 2.19. The molecule has 0 saturated carbocycles. The molecule has 7 nitrogen and oxygen atoms in total. The van der Waals surface area contributed by atoms with Crippen LogP contribution in [0.3, 0.4) is 0 Å². The van der Waals surface area contributed by atoms with Gasteiger partial charge >= 0.3 is 0 Å². The van der Waals surface area contributed by atoms with Crippen LogP contribution in [0.2, 0.25) is 0 Å². The number of carbonyl (C=O) groups is 1. The molecule has 1 amide bonds. The second-order valence-electron chi connectivity index (χ2n) is 5.33. The Kier molecular flexibility index (Phi) is 5.52. The lowest BCUT2D eigenvalue weighted by Gasteiger charge is -2.32. The number of nitrogens with one attached hydrogen (secondary N) is 1. The Labute approximate surface area is 130 Å². The number of nitrogens with zero attached hydrogens (tertiary/aromatic N) is 1. The summed E-state index contributed by atoms with van der Waals surface area (Å²) in [6, 6.07) is 6.21. The van der Waals surface area contributed by atoms with Crippen LogP contribution in [0.4, 0.5) is 5.69 Å². The molecule has 122 valence electrons. The van der Waals surface area contributed by atoms with E-state index in [0.717, 1.165) is 6.54 Å². The Morgan fingerprint density at radius 1 is 1.50 bits per heavy atom. The molecule has 1 aliphatic heterocycles. The Morgan fingerprint density at radius 2 is 2.27 bits per heavy atom. The lowest BCUT2D eigenvalue weighted by molar-refractivity contribution is -0.117. The molecule has 1 unspecified atom stereocenters. The second-order valence-corrected chi connectivity index (χ2v) is 6.89. The molecular weight excluding hydrogens is 306 g/mol. The van der Waals surface area contributed by atoms with E-state index in [1.54, 1.807) is 12.1 Å². The van der Waals surface area contributed by atoms with Gasteiger partial charge in [0.15, 0.2) is 0 Å². The second kappa shape index (κ2) is 7.19. The van der Waals surface area contributed by atoms with Crippen molar-refractivity contribution in [1.29, 1.82) is 0 Å². The van der Waals surface area contributed by atoms with Gasteiger partial charge in [0.2, 0.25) is 15.9 Å². The Hall–Kier alpha value is -1.48. The van der Waals surface area contributed by atoms with Crippen LogP contribution in [0.15, 0.2) is 29.2 Å². The first-order valence-corrected chi connectivity index (χ1v) is 8.65. The van der Waals surface area contributed by atoms with Crippen molar-refractivity contribution >= 4 is 21.6 Å². The van der Waals surface area contributed by atoms with Gasteiger partial charge in [0.1, 0.15) is 0 Å². The Morgan fingerprint density at radius 3 is 2.95 bits per heavy atom. The number of amides is 1. The summed E-state index contributed by atoms with van der Waals surface area (Å²) in [4.78, 5) is 14.2. The summed E-state index contributed by atoms with van der Waals surface area (Å²) >= 11 is 0. The molecular formula is C14H21N3O4S. The van der Waals surface area contributed by atoms with E-state index in [2.05, 4.69) is 17.1 Å². The third kappa shape index (κ3) is 4.77. The van der Waals surface area contributed by atoms with Crippen molar-refractivity contribution in [3.63, 3.8) is 0 Å². The number of carbonyl (C=O) groups excluding carboxylic acids is 1. The van der Waals surface area contributed by atoms with Crippen molar-refractivity contribution in [3.05, 3.63) is 24.3 Å². The molecule has 0 aromatic heterocycles. The molecule has 0 aliphatic carbocycles. The molecule has 8 heteroatoms. The fourth-order valence-electron chi connectivity index (χ4n) is 2.31. The molecule has 0 spiro atoms. The SMILES string of the molecule is CC1COCCN1CCC(=O)Nc1cccc(S(N)(=O)=O)c1. The minimum atomic E-state index is -3.77. The van der Waals surface area contributed by atoms with Crippen LogP contribution in [-0.2, 0) is 19.6 Å². The number of rotatable bonds is 5. The number of hydrogen-bond donors (Lipinski definition) is 2. The molecule has 0 bridgehead atoms. The maximum absolute atomic E-state index is 12.0. The number of benzene rings is 1. The normalized spacial score (nSPS) is 19.8. The zero-order valence-electron chi connectivity index (χ0n) is 12.5. The van der Waals surface area contributed by atoms with E-state index in [-0.39, 0.29) is 10.8 Å². The third-order valence-electron chi connectivity index (χ3n) is 3.58. The minimum absolute atomic E-state index is 0.0212. The molecule has 0 radical (unpaired) electrons. The third-order valence-corrected chi connectivity index (χ3v) is 4.49. The molecule has 1 aliphatic rings. The van der Waals surface area contributed by atoms with E-state index in [9.17, 15) is 13.2 Å². The van der Waals surface area contributed by atoms with Gasteiger partial charge in [-0.05, 0) is 25.1 Å². The van der Waals surface area contributed by atoms with Crippen molar-refractivity contribution in [3.8, 4) is 0 Å². The number of morpholine rings is 1. The fraction of sp³-hybridized carbons (Fsp3) is 0.500. The molecule has 1 fully saturated rings. The summed E-state index contributed by atoms with van der Waals surface area (Å²) < 4.78 is 27.9. The lowest BCUT2D eigenvalue weighted by atomic mass is 10.2. The number of primary sulfonamides is 1. The van der Waals surface area contributed by atoms with E-state index in [0.29, 0.717) is 37.9 Å². The van der Waals surface area contributed by atoms with Crippen LogP contribution in [0, 0.1) is 0 Å². The number of nitrogens with two attached hydrogens (primary N) is 1. The summed E-state index contributed by atoms with van der Waals surface area (Å²) in [7, 11) is -3.77. The topological polar surface area (TPSA) is 102 Å². The van der Waals surface area contributed by atoms with Gasteiger partial charge in [-0.15, -0.1) is 0 Å². The standard InChI is InChI=1S/C14H21N3O4S/c1-11-10-21-8-7-17(11)6-5-14(18)16-12-3-2-4-13(9-12)22(15,19)20/h2-4,9,11H,5-8,10H2,1H3,(H,16,18)(H2,15,19,20). The molecule has 1 aromatic carbocycles. The van der Waals surface area contributed by atoms with Crippen LogP contribution in [0.1, 0.15) is 13.3 Å². The molecule has 1 atom stereocenters. The van der Waals surface area contributed by atoms with E-state index in [1.165, 1.54) is 12.1 Å². The molecule has 1 saturated heterocycles. The lowest BCUT2D eigenvalue weighted by Crippen LogP contribution is -2.44. The quantitative estimate of drug-likeness (QED) is 0.814. The highest BCUT2D eigenvalue weighted by molar-refractivity contribution is 7.89. The van der Waals surface area contributed by atoms with E-state index in [4.69, 9.17) is 9.88 Å². The number of ether oxygens (including phenoxy) is 1. The molecule has 22 heavy (non-hydrogen) atoms. The summed E-state index contributed by atoms with van der Waals surface area (Å²) in [5.74, 6) is -0.162. The van der Waals surface area contributed by atoms with E-state index in [1.807, 2.05) is 0 Å². The highest BCUT2D eigenvalue weighted by Crippen LogP contribution is 2.14. The van der Waals surface area contributed by atoms with Gasteiger partial charge < -0.3 is 10.1 Å². The average Bonchev–Trinajstić information content (AvgIpc) is 2.46. The van der Waals surface area contributed by atoms with Gasteiger partial charge in [-0.2, -0.15) is 0 Å². The van der Waals surface area contributed by atoms with Gasteiger partial charge in [0.25, 0.3) is 0 Å². The van der Waals surface area contributed by atoms with Crippen LogP contribution < -0.4 is 10.5 Å². The fourth-order valence-corrected chi connectivity index (χ4v) is 2.87. The van der Waals surface area contributed by atoms with Gasteiger partial charge in [0, 0.05) is 31.2 Å². The minimum Gasteiger partial charge on any atom is -0.379 e. The molecule has 1 heterocycles. The van der Waals surface area contributed by atoms with Gasteiger partial charge in [-0.1, -0.05) is 6.07 Å². The molecule has 1 aromatic rings. The first-order valence-electron chi connectivity index (χ1n) is 7.11. The van der Waals surface area contributed by atoms with Crippen molar-refractivity contribution in [2.75, 3.05) is 31.6 Å². The van der Waals surface area contributed by atoms with E-state index >= 15 is 0 Å². The Bertz CT molecular complexity index is 633. The monoisotopic (exact) mass is 327 g/mol. The molecule has 2 rings (SSSR count). The van der Waals surface area contributed by atoms with Gasteiger partial charge in [0.05, 0.1) is 18.1 Å². The Balaban J connectivity index is 1.89. The van der Waals surface area contributed by atoms with Crippen LogP contribution in [0.25, 0.3) is 0 Å². The number of sulfonamides is 1. The number of anilines is 1. The summed E-state index contributed by atoms with van der Waals surface area (Å²) in [6.07, 6.45) is 0.337. The predicted molar refractivity (Wildman–Crippen MR) is 82.9 cm³/mol. The predicted octanol–water partition coefficient (Wildman–Crippen LogP) is 0.383. The number of hydrogen-bond acceptors (Lipinski definition) is 5. The van der Waals surface area contributed by atoms with Crippen LogP contribution in [-0.4, -0.2) is 51.6 Å². The van der Waals surface area contributed by atoms with Gasteiger partial charge in [-0.3, -0.25) is 9.69 Å². The van der Waals surface area contributed by atoms with Crippen LogP contribution in [0.5, 0.6) is 0 Å². The van der Waals surface area contributed by atoms with Crippen molar-refractivity contribution in [1.82, 2.24) is 4.90 Å². The highest BCUT2D eigenvalue weighted by atomic mass is 32.2. The van der Waals surface area contributed by atoms with Crippen molar-refractivity contribution < 1.29 is 17.9 Å². The van der Waals surface area contributed by atoms with Crippen molar-refractivity contribution in [2.24, 2.45) is 5.14 Å². The maximum atomic E-state index is 12.0. The largest absolute Gasteiger partial charge is 0.379 e. The zero-order chi connectivity index (χ0) is 16.2. The summed E-state index contributed by atoms with van der Waals surface area (Å²) in [6.45, 7) is 4.88. The maximum Gasteiger partial charge on any atom is 0.238 e. The van der Waals surface area contributed by atoms with E-state index < -0.39 is 10.0 Å². The smallest absolute Gasteiger partial charge is 0.238 e. The van der Waals surface area contributed by atoms with Gasteiger partial charge in [-0.25, -0.2) is 13.6 Å². The zero-order valence-corrected chi connectivity index (χ0v) is 13.3. The average molecular weight is 327 g/mol. The first-order chi connectivity index (χ1) is 10.4. The first kappa shape index (κ1) is 16.9.